The van der Waals surface area contributed by atoms with Gasteiger partial charge in [-0.15, -0.1) is 0 Å². The monoisotopic (exact) mass is 322 g/mol. The van der Waals surface area contributed by atoms with Gasteiger partial charge in [0.2, 0.25) is 0 Å². The Hall–Kier alpha value is -1.38. The van der Waals surface area contributed by atoms with Crippen molar-refractivity contribution in [1.82, 2.24) is 0 Å². The summed E-state index contributed by atoms with van der Waals surface area (Å²) in [6, 6.07) is 7.68. The quantitative estimate of drug-likeness (QED) is 0.694. The molecule has 4 atom stereocenters. The normalized spacial score (nSPS) is 25.7. The first-order chi connectivity index (χ1) is 11.1. The number of aliphatic hydroxyl groups excluding tert-OH is 3. The highest BCUT2D eigenvalue weighted by Gasteiger charge is 2.35. The molecule has 0 aromatic heterocycles. The van der Waals surface area contributed by atoms with Crippen molar-refractivity contribution in [2.24, 2.45) is 0 Å². The standard InChI is InChI=1S/C15H18O4.2C2H6/c1-10-2-4-11(5-3-10)6-7-14-15(18)13(17)8-12(9-16)19-14;2*1-2/h2-5,12-18H,8-9H2,1H3;2*1-2H3. The second-order valence-corrected chi connectivity index (χ2v) is 4.79. The molecule has 0 spiro atoms. The van der Waals surface area contributed by atoms with E-state index in [2.05, 4.69) is 11.8 Å². The predicted molar refractivity (Wildman–Crippen MR) is 93.1 cm³/mol. The Morgan fingerprint density at radius 2 is 1.65 bits per heavy atom. The molecule has 1 fully saturated rings. The van der Waals surface area contributed by atoms with Crippen LogP contribution < -0.4 is 0 Å². The number of ether oxygens (including phenoxy) is 1. The van der Waals surface area contributed by atoms with Gasteiger partial charge in [0.25, 0.3) is 0 Å². The van der Waals surface area contributed by atoms with E-state index >= 15 is 0 Å². The van der Waals surface area contributed by atoms with E-state index in [4.69, 9.17) is 9.84 Å². The van der Waals surface area contributed by atoms with Crippen LogP contribution in [-0.4, -0.2) is 46.3 Å². The van der Waals surface area contributed by atoms with Crippen LogP contribution in [0.2, 0.25) is 0 Å². The van der Waals surface area contributed by atoms with Crippen molar-refractivity contribution < 1.29 is 20.1 Å². The van der Waals surface area contributed by atoms with Crippen LogP contribution in [0.1, 0.15) is 45.2 Å². The molecule has 4 heteroatoms. The summed E-state index contributed by atoms with van der Waals surface area (Å²) in [6.07, 6.45) is -2.98. The zero-order valence-corrected chi connectivity index (χ0v) is 14.8. The molecule has 0 aliphatic carbocycles. The van der Waals surface area contributed by atoms with Crippen molar-refractivity contribution in [2.45, 2.75) is 65.5 Å². The molecule has 2 rings (SSSR count). The third kappa shape index (κ3) is 7.15. The molecule has 1 saturated heterocycles. The summed E-state index contributed by atoms with van der Waals surface area (Å²) in [6.45, 7) is 9.81. The summed E-state index contributed by atoms with van der Waals surface area (Å²) < 4.78 is 5.43. The number of hydrogen-bond donors (Lipinski definition) is 3. The van der Waals surface area contributed by atoms with Gasteiger partial charge in [-0.3, -0.25) is 0 Å². The van der Waals surface area contributed by atoms with Crippen molar-refractivity contribution >= 4 is 0 Å². The van der Waals surface area contributed by atoms with Crippen LogP contribution in [0.3, 0.4) is 0 Å². The van der Waals surface area contributed by atoms with Crippen LogP contribution in [0.15, 0.2) is 24.3 Å². The van der Waals surface area contributed by atoms with Gasteiger partial charge in [0.1, 0.15) is 12.2 Å². The fraction of sp³-hybridized carbons (Fsp3) is 0.579. The lowest BCUT2D eigenvalue weighted by Gasteiger charge is -2.33. The molecule has 23 heavy (non-hydrogen) atoms. The topological polar surface area (TPSA) is 69.9 Å². The molecule has 1 heterocycles. The predicted octanol–water partition coefficient (Wildman–Crippen LogP) is 2.27. The number of rotatable bonds is 1. The molecule has 4 nitrogen and oxygen atoms in total. The van der Waals surface area contributed by atoms with Gasteiger partial charge in [-0.1, -0.05) is 57.2 Å². The van der Waals surface area contributed by atoms with E-state index in [-0.39, 0.29) is 13.0 Å². The first-order valence-electron chi connectivity index (χ1n) is 8.31. The number of hydrogen-bond acceptors (Lipinski definition) is 4. The van der Waals surface area contributed by atoms with Crippen LogP contribution >= 0.6 is 0 Å². The summed E-state index contributed by atoms with van der Waals surface area (Å²) in [4.78, 5) is 0. The highest BCUT2D eigenvalue weighted by atomic mass is 16.5. The third-order valence-electron chi connectivity index (χ3n) is 3.16. The molecule has 1 aromatic rings. The molecule has 0 amide bonds. The lowest BCUT2D eigenvalue weighted by molar-refractivity contribution is -0.156. The summed E-state index contributed by atoms with van der Waals surface area (Å²) >= 11 is 0. The molecule has 3 N–H and O–H groups in total. The number of aliphatic hydroxyl groups is 3. The van der Waals surface area contributed by atoms with E-state index in [1.165, 1.54) is 0 Å². The van der Waals surface area contributed by atoms with Gasteiger partial charge >= 0.3 is 0 Å². The van der Waals surface area contributed by atoms with E-state index in [1.807, 2.05) is 58.9 Å². The SMILES string of the molecule is CC.CC.Cc1ccc(C#CC2OC(CO)CC(O)C2O)cc1. The highest BCUT2D eigenvalue weighted by molar-refractivity contribution is 5.36. The summed E-state index contributed by atoms with van der Waals surface area (Å²) in [5, 5.41) is 28.6. The lowest BCUT2D eigenvalue weighted by atomic mass is 9.98. The van der Waals surface area contributed by atoms with Gasteiger partial charge in [0, 0.05) is 12.0 Å². The minimum Gasteiger partial charge on any atom is -0.394 e. The van der Waals surface area contributed by atoms with Gasteiger partial charge in [0.05, 0.1) is 18.8 Å². The zero-order chi connectivity index (χ0) is 17.8. The van der Waals surface area contributed by atoms with Crippen LogP contribution in [-0.2, 0) is 4.74 Å². The molecule has 0 radical (unpaired) electrons. The van der Waals surface area contributed by atoms with Gasteiger partial charge < -0.3 is 20.1 Å². The van der Waals surface area contributed by atoms with Crippen LogP contribution in [0, 0.1) is 18.8 Å². The number of benzene rings is 1. The number of aryl methyl sites for hydroxylation is 1. The fourth-order valence-electron chi connectivity index (χ4n) is 1.98. The Kier molecular flexibility index (Phi) is 11.4. The molecule has 1 aliphatic rings. The molecular weight excluding hydrogens is 292 g/mol. The summed E-state index contributed by atoms with van der Waals surface area (Å²) in [7, 11) is 0. The van der Waals surface area contributed by atoms with Crippen molar-refractivity contribution in [3.05, 3.63) is 35.4 Å². The lowest BCUT2D eigenvalue weighted by Crippen LogP contribution is -2.48. The van der Waals surface area contributed by atoms with E-state index in [9.17, 15) is 10.2 Å². The second kappa shape index (κ2) is 12.1. The minimum atomic E-state index is -1.04. The molecule has 130 valence electrons. The Bertz CT molecular complexity index is 472. The Balaban J connectivity index is 0.00000112. The van der Waals surface area contributed by atoms with Crippen molar-refractivity contribution in [2.75, 3.05) is 6.61 Å². The first kappa shape index (κ1) is 21.6. The van der Waals surface area contributed by atoms with Gasteiger partial charge in [-0.2, -0.15) is 0 Å². The Morgan fingerprint density at radius 1 is 1.09 bits per heavy atom. The maximum Gasteiger partial charge on any atom is 0.147 e. The van der Waals surface area contributed by atoms with E-state index in [0.29, 0.717) is 0 Å². The van der Waals surface area contributed by atoms with Gasteiger partial charge in [-0.05, 0) is 19.1 Å². The fourth-order valence-corrected chi connectivity index (χ4v) is 1.98. The second-order valence-electron chi connectivity index (χ2n) is 4.79. The Labute approximate surface area is 140 Å². The van der Waals surface area contributed by atoms with Gasteiger partial charge in [-0.25, -0.2) is 0 Å². The van der Waals surface area contributed by atoms with E-state index in [0.717, 1.165) is 11.1 Å². The zero-order valence-electron chi connectivity index (χ0n) is 14.8. The summed E-state index contributed by atoms with van der Waals surface area (Å²) in [5.74, 6) is 5.72. The Morgan fingerprint density at radius 3 is 2.17 bits per heavy atom. The molecule has 0 bridgehead atoms. The average Bonchev–Trinajstić information content (AvgIpc) is 2.61. The maximum atomic E-state index is 9.81. The first-order valence-corrected chi connectivity index (χ1v) is 8.31. The largest absolute Gasteiger partial charge is 0.394 e. The minimum absolute atomic E-state index is 0.188. The molecule has 1 aromatic carbocycles. The van der Waals surface area contributed by atoms with Crippen LogP contribution in [0.4, 0.5) is 0 Å². The summed E-state index contributed by atoms with van der Waals surface area (Å²) in [5.41, 5.74) is 1.97. The van der Waals surface area contributed by atoms with Crippen molar-refractivity contribution in [1.29, 1.82) is 0 Å². The van der Waals surface area contributed by atoms with E-state index < -0.39 is 24.4 Å². The molecule has 0 saturated carbocycles. The average molecular weight is 322 g/mol. The molecule has 4 unspecified atom stereocenters. The van der Waals surface area contributed by atoms with Crippen molar-refractivity contribution in [3.8, 4) is 11.8 Å². The maximum absolute atomic E-state index is 9.81. The molecular formula is C19H30O4. The highest BCUT2D eigenvalue weighted by Crippen LogP contribution is 2.19. The van der Waals surface area contributed by atoms with Crippen LogP contribution in [0.25, 0.3) is 0 Å². The molecule has 1 aliphatic heterocycles. The van der Waals surface area contributed by atoms with Gasteiger partial charge in [0.15, 0.2) is 0 Å². The van der Waals surface area contributed by atoms with Crippen LogP contribution in [0.5, 0.6) is 0 Å². The smallest absolute Gasteiger partial charge is 0.147 e. The van der Waals surface area contributed by atoms with E-state index in [1.54, 1.807) is 0 Å². The third-order valence-corrected chi connectivity index (χ3v) is 3.16. The van der Waals surface area contributed by atoms with Crippen molar-refractivity contribution in [3.63, 3.8) is 0 Å².